The lowest BCUT2D eigenvalue weighted by Gasteiger charge is -2.07. The summed E-state index contributed by atoms with van der Waals surface area (Å²) in [6.45, 7) is 0.198. The van der Waals surface area contributed by atoms with Crippen molar-refractivity contribution < 1.29 is 22.7 Å². The van der Waals surface area contributed by atoms with Gasteiger partial charge in [0.2, 0.25) is 0 Å². The van der Waals surface area contributed by atoms with E-state index in [0.717, 1.165) is 11.8 Å². The van der Waals surface area contributed by atoms with Crippen LogP contribution in [0.3, 0.4) is 0 Å². The van der Waals surface area contributed by atoms with Gasteiger partial charge in [0.1, 0.15) is 0 Å². The van der Waals surface area contributed by atoms with Crippen LogP contribution in [0.2, 0.25) is 0 Å². The van der Waals surface area contributed by atoms with Gasteiger partial charge in [-0.15, -0.1) is 6.42 Å². The molecule has 0 spiro atoms. The van der Waals surface area contributed by atoms with Crippen LogP contribution in [0.25, 0.3) is 16.3 Å². The van der Waals surface area contributed by atoms with Gasteiger partial charge >= 0.3 is 0 Å². The largest absolute Gasteiger partial charge is 0.493 e. The Kier molecular flexibility index (Phi) is 6.63. The average Bonchev–Trinajstić information content (AvgIpc) is 3.07. The number of terminal acetylenes is 1. The van der Waals surface area contributed by atoms with Crippen molar-refractivity contribution in [2.24, 2.45) is 4.99 Å². The first-order valence-corrected chi connectivity index (χ1v) is 11.7. The van der Waals surface area contributed by atoms with E-state index in [0.29, 0.717) is 26.5 Å². The second-order valence-electron chi connectivity index (χ2n) is 6.47. The molecule has 1 aromatic heterocycles. The summed E-state index contributed by atoms with van der Waals surface area (Å²) in [5.74, 6) is 3.20. The third-order valence-electron chi connectivity index (χ3n) is 4.36. The minimum atomic E-state index is -3.35. The Hall–Kier alpha value is -3.35. The van der Waals surface area contributed by atoms with E-state index < -0.39 is 15.7 Å². The number of amides is 1. The van der Waals surface area contributed by atoms with E-state index >= 15 is 0 Å². The van der Waals surface area contributed by atoms with Gasteiger partial charge in [0.15, 0.2) is 26.1 Å². The summed E-state index contributed by atoms with van der Waals surface area (Å²) >= 11 is 1.20. The summed E-state index contributed by atoms with van der Waals surface area (Å²) in [5.41, 5.74) is 1.46. The SMILES string of the molecule is C#CCn1c(=NC(=O)/C=C\c2ccc(OC)c(OC)c2)sc2cc(S(C)(=O)=O)ccc21. The lowest BCUT2D eigenvalue weighted by atomic mass is 10.2. The second kappa shape index (κ2) is 9.20. The third-order valence-corrected chi connectivity index (χ3v) is 6.51. The standard InChI is InChI=1S/C22H20N2O5S2/c1-5-12-24-17-9-8-16(31(4,26)27)14-20(17)30-22(24)23-21(25)11-7-15-6-10-18(28-2)19(13-15)29-3/h1,6-11,13-14H,12H2,2-4H3/b11-7-,23-22?. The van der Waals surface area contributed by atoms with E-state index in [1.165, 1.54) is 30.6 Å². The van der Waals surface area contributed by atoms with Crippen molar-refractivity contribution in [1.29, 1.82) is 0 Å². The number of carbonyl (C=O) groups excluding carboxylic acids is 1. The molecule has 2 aromatic carbocycles. The van der Waals surface area contributed by atoms with E-state index in [1.807, 2.05) is 0 Å². The highest BCUT2D eigenvalue weighted by molar-refractivity contribution is 7.90. The Labute approximate surface area is 184 Å². The number of benzene rings is 2. The fourth-order valence-corrected chi connectivity index (χ4v) is 4.66. The molecule has 0 aliphatic rings. The number of methoxy groups -OCH3 is 2. The van der Waals surface area contributed by atoms with Crippen LogP contribution in [0.1, 0.15) is 5.56 Å². The molecule has 9 heteroatoms. The smallest absolute Gasteiger partial charge is 0.272 e. The number of ether oxygens (including phenoxy) is 2. The maximum absolute atomic E-state index is 12.5. The van der Waals surface area contributed by atoms with Crippen LogP contribution >= 0.6 is 11.3 Å². The summed E-state index contributed by atoms with van der Waals surface area (Å²) in [6.07, 6.45) is 9.57. The Morgan fingerprint density at radius 1 is 1.19 bits per heavy atom. The molecule has 0 atom stereocenters. The Morgan fingerprint density at radius 3 is 2.58 bits per heavy atom. The fourth-order valence-electron chi connectivity index (χ4n) is 2.87. The van der Waals surface area contributed by atoms with Crippen LogP contribution in [0.15, 0.2) is 52.4 Å². The van der Waals surface area contributed by atoms with Crippen molar-refractivity contribution in [3.8, 4) is 23.8 Å². The van der Waals surface area contributed by atoms with Crippen LogP contribution in [0.4, 0.5) is 0 Å². The zero-order valence-corrected chi connectivity index (χ0v) is 18.8. The molecule has 0 saturated carbocycles. The van der Waals surface area contributed by atoms with Crippen LogP contribution in [0.5, 0.6) is 11.5 Å². The summed E-state index contributed by atoms with van der Waals surface area (Å²) in [4.78, 5) is 17.2. The predicted octanol–water partition coefficient (Wildman–Crippen LogP) is 2.90. The number of nitrogens with zero attached hydrogens (tertiary/aromatic N) is 2. The highest BCUT2D eigenvalue weighted by Gasteiger charge is 2.12. The van der Waals surface area contributed by atoms with Gasteiger partial charge in [-0.05, 0) is 42.0 Å². The molecule has 1 heterocycles. The molecule has 0 fully saturated rings. The topological polar surface area (TPSA) is 87.0 Å². The maximum atomic E-state index is 12.5. The van der Waals surface area contributed by atoms with Gasteiger partial charge in [0.25, 0.3) is 5.91 Å². The number of carbonyl (C=O) groups is 1. The number of hydrogen-bond donors (Lipinski definition) is 0. The molecule has 0 bridgehead atoms. The number of hydrogen-bond acceptors (Lipinski definition) is 6. The van der Waals surface area contributed by atoms with E-state index in [9.17, 15) is 13.2 Å². The van der Waals surface area contributed by atoms with Gasteiger partial charge in [-0.3, -0.25) is 4.79 Å². The molecule has 0 aliphatic carbocycles. The molecule has 0 unspecified atom stereocenters. The van der Waals surface area contributed by atoms with Gasteiger partial charge in [-0.25, -0.2) is 8.42 Å². The summed E-state index contributed by atoms with van der Waals surface area (Å²) in [7, 11) is -0.273. The predicted molar refractivity (Wildman–Crippen MR) is 121 cm³/mol. The Balaban J connectivity index is 1.99. The molecular weight excluding hydrogens is 436 g/mol. The normalized spacial score (nSPS) is 12.3. The van der Waals surface area contributed by atoms with E-state index in [4.69, 9.17) is 15.9 Å². The summed E-state index contributed by atoms with van der Waals surface area (Å²) in [6, 6.07) is 10.0. The monoisotopic (exact) mass is 456 g/mol. The van der Waals surface area contributed by atoms with E-state index in [-0.39, 0.29) is 11.4 Å². The second-order valence-corrected chi connectivity index (χ2v) is 9.50. The Bertz CT molecular complexity index is 1390. The lowest BCUT2D eigenvalue weighted by molar-refractivity contribution is -0.113. The molecule has 160 valence electrons. The molecule has 3 rings (SSSR count). The zero-order valence-electron chi connectivity index (χ0n) is 17.2. The molecule has 31 heavy (non-hydrogen) atoms. The molecule has 7 nitrogen and oxygen atoms in total. The number of rotatable bonds is 6. The molecule has 0 radical (unpaired) electrons. The van der Waals surface area contributed by atoms with Crippen molar-refractivity contribution in [3.63, 3.8) is 0 Å². The minimum absolute atomic E-state index is 0.195. The highest BCUT2D eigenvalue weighted by Crippen LogP contribution is 2.28. The van der Waals surface area contributed by atoms with Gasteiger partial charge in [-0.2, -0.15) is 4.99 Å². The van der Waals surface area contributed by atoms with Gasteiger partial charge < -0.3 is 14.0 Å². The van der Waals surface area contributed by atoms with Crippen LogP contribution in [-0.2, 0) is 21.2 Å². The summed E-state index contributed by atoms with van der Waals surface area (Å²) in [5, 5.41) is 0. The number of fused-ring (bicyclic) bond motifs is 1. The molecular formula is C22H20N2O5S2. The number of thiazole rings is 1. The zero-order chi connectivity index (χ0) is 22.6. The summed E-state index contributed by atoms with van der Waals surface area (Å²) < 4.78 is 36.5. The Morgan fingerprint density at radius 2 is 1.94 bits per heavy atom. The molecule has 3 aromatic rings. The maximum Gasteiger partial charge on any atom is 0.272 e. The third kappa shape index (κ3) is 5.05. The highest BCUT2D eigenvalue weighted by atomic mass is 32.2. The van der Waals surface area contributed by atoms with E-state index in [2.05, 4.69) is 10.9 Å². The first-order chi connectivity index (χ1) is 14.8. The molecule has 0 N–H and O–H groups in total. The minimum Gasteiger partial charge on any atom is -0.493 e. The lowest BCUT2D eigenvalue weighted by Crippen LogP contribution is -2.15. The average molecular weight is 457 g/mol. The first-order valence-electron chi connectivity index (χ1n) is 9.02. The first kappa shape index (κ1) is 22.3. The van der Waals surface area contributed by atoms with Gasteiger partial charge in [0.05, 0.1) is 35.9 Å². The quantitative estimate of drug-likeness (QED) is 0.421. The molecule has 0 saturated heterocycles. The van der Waals surface area contributed by atoms with Crippen molar-refractivity contribution in [2.45, 2.75) is 11.4 Å². The van der Waals surface area contributed by atoms with Crippen molar-refractivity contribution >= 4 is 43.4 Å². The fraction of sp³-hybridized carbons (Fsp3) is 0.182. The van der Waals surface area contributed by atoms with E-state index in [1.54, 1.807) is 48.1 Å². The number of sulfone groups is 1. The van der Waals surface area contributed by atoms with Crippen LogP contribution < -0.4 is 14.3 Å². The van der Waals surface area contributed by atoms with Crippen molar-refractivity contribution in [2.75, 3.05) is 20.5 Å². The van der Waals surface area contributed by atoms with Crippen molar-refractivity contribution in [3.05, 3.63) is 52.8 Å². The van der Waals surface area contributed by atoms with Gasteiger partial charge in [0, 0.05) is 12.3 Å². The van der Waals surface area contributed by atoms with Crippen LogP contribution in [-0.4, -0.2) is 39.4 Å². The molecule has 1 amide bonds. The van der Waals surface area contributed by atoms with Crippen LogP contribution in [0, 0.1) is 12.3 Å². The van der Waals surface area contributed by atoms with Gasteiger partial charge in [-0.1, -0.05) is 23.3 Å². The molecule has 0 aliphatic heterocycles. The van der Waals surface area contributed by atoms with Crippen molar-refractivity contribution in [1.82, 2.24) is 4.57 Å². The number of aromatic nitrogens is 1.